The molecule has 1 saturated heterocycles. The molecule has 27 heavy (non-hydrogen) atoms. The number of primary amides is 1. The topological polar surface area (TPSA) is 63.4 Å². The van der Waals surface area contributed by atoms with E-state index in [1.165, 1.54) is 42.3 Å². The maximum Gasteiger partial charge on any atom is 0.416 e. The number of nitrogens with two attached hydrogens (primary N) is 1. The van der Waals surface area contributed by atoms with Gasteiger partial charge in [0.15, 0.2) is 5.41 Å². The summed E-state index contributed by atoms with van der Waals surface area (Å²) >= 11 is 0. The molecule has 2 unspecified atom stereocenters. The summed E-state index contributed by atoms with van der Waals surface area (Å²) in [7, 11) is 1.40. The number of likely N-dealkylation sites (N-methyl/N-ethyl adjacent to an activating group) is 1. The van der Waals surface area contributed by atoms with Crippen molar-refractivity contribution >= 4 is 11.8 Å². The highest BCUT2D eigenvalue weighted by Crippen LogP contribution is 2.47. The van der Waals surface area contributed by atoms with Gasteiger partial charge in [-0.2, -0.15) is 13.2 Å². The van der Waals surface area contributed by atoms with Gasteiger partial charge in [-0.05, 0) is 17.7 Å². The van der Waals surface area contributed by atoms with Crippen molar-refractivity contribution in [3.63, 3.8) is 0 Å². The summed E-state index contributed by atoms with van der Waals surface area (Å²) < 4.78 is 53.9. The Bertz CT molecular complexity index is 913. The van der Waals surface area contributed by atoms with E-state index in [0.717, 1.165) is 18.2 Å². The monoisotopic (exact) mass is 380 g/mol. The van der Waals surface area contributed by atoms with Crippen molar-refractivity contribution in [2.75, 3.05) is 13.6 Å². The van der Waals surface area contributed by atoms with Gasteiger partial charge in [-0.25, -0.2) is 4.39 Å². The number of hydrogen-bond acceptors (Lipinski definition) is 2. The number of alkyl halides is 3. The minimum Gasteiger partial charge on any atom is -0.368 e. The van der Waals surface area contributed by atoms with Gasteiger partial charge in [-0.3, -0.25) is 9.59 Å². The molecule has 1 aliphatic heterocycles. The second-order valence-electron chi connectivity index (χ2n) is 6.51. The summed E-state index contributed by atoms with van der Waals surface area (Å²) in [6, 6.07) is 9.49. The van der Waals surface area contributed by atoms with Crippen molar-refractivity contribution < 1.29 is 27.2 Å². The third-order valence-corrected chi connectivity index (χ3v) is 4.97. The largest absolute Gasteiger partial charge is 0.416 e. The van der Waals surface area contributed by atoms with Crippen LogP contribution in [-0.4, -0.2) is 30.3 Å². The lowest BCUT2D eigenvalue weighted by molar-refractivity contribution is -0.138. The van der Waals surface area contributed by atoms with E-state index in [-0.39, 0.29) is 17.7 Å². The molecule has 2 amide bonds. The summed E-state index contributed by atoms with van der Waals surface area (Å²) in [4.78, 5) is 26.6. The molecule has 2 aromatic carbocycles. The number of benzene rings is 2. The summed E-state index contributed by atoms with van der Waals surface area (Å²) in [6.45, 7) is -0.0720. The van der Waals surface area contributed by atoms with Crippen molar-refractivity contribution in [1.82, 2.24) is 4.90 Å². The first-order chi connectivity index (χ1) is 12.6. The fourth-order valence-corrected chi connectivity index (χ4v) is 3.72. The predicted octanol–water partition coefficient (Wildman–Crippen LogP) is 2.82. The first kappa shape index (κ1) is 18.9. The van der Waals surface area contributed by atoms with Gasteiger partial charge >= 0.3 is 6.18 Å². The summed E-state index contributed by atoms with van der Waals surface area (Å²) in [5.41, 5.74) is 2.37. The lowest BCUT2D eigenvalue weighted by Gasteiger charge is -2.30. The Morgan fingerprint density at radius 3 is 2.44 bits per heavy atom. The van der Waals surface area contributed by atoms with Crippen LogP contribution in [0.3, 0.4) is 0 Å². The van der Waals surface area contributed by atoms with E-state index in [2.05, 4.69) is 0 Å². The standard InChI is InChI=1S/C19H16F4N2O2/c1-25-10-14(11-5-4-6-12(9-11)19(21,22)23)18(16(24)26,17(25)27)13-7-2-3-8-15(13)20/h2-9,14H,10H2,1H3,(H2,24,26). The van der Waals surface area contributed by atoms with E-state index in [9.17, 15) is 27.2 Å². The SMILES string of the molecule is CN1CC(c2cccc(C(F)(F)F)c2)C(C(N)=O)(c2ccccc2F)C1=O. The van der Waals surface area contributed by atoms with Crippen LogP contribution in [0.2, 0.25) is 0 Å². The smallest absolute Gasteiger partial charge is 0.368 e. The maximum absolute atomic E-state index is 14.5. The molecule has 0 bridgehead atoms. The van der Waals surface area contributed by atoms with Crippen LogP contribution in [0, 0.1) is 5.82 Å². The van der Waals surface area contributed by atoms with E-state index in [1.54, 1.807) is 0 Å². The maximum atomic E-state index is 14.5. The Labute approximate surface area is 152 Å². The first-order valence-corrected chi connectivity index (χ1v) is 8.07. The second kappa shape index (κ2) is 6.37. The molecule has 0 spiro atoms. The molecular weight excluding hydrogens is 364 g/mol. The highest BCUT2D eigenvalue weighted by molar-refractivity contribution is 6.13. The zero-order valence-electron chi connectivity index (χ0n) is 14.3. The van der Waals surface area contributed by atoms with E-state index >= 15 is 0 Å². The number of likely N-dealkylation sites (tertiary alicyclic amines) is 1. The lowest BCUT2D eigenvalue weighted by atomic mass is 9.68. The quantitative estimate of drug-likeness (QED) is 0.658. The minimum absolute atomic E-state index is 0.0720. The van der Waals surface area contributed by atoms with Crippen molar-refractivity contribution in [1.29, 1.82) is 0 Å². The van der Waals surface area contributed by atoms with Crippen LogP contribution in [0.5, 0.6) is 0 Å². The van der Waals surface area contributed by atoms with Gasteiger partial charge in [0.05, 0.1) is 5.56 Å². The highest BCUT2D eigenvalue weighted by Gasteiger charge is 2.60. The zero-order valence-corrected chi connectivity index (χ0v) is 14.3. The van der Waals surface area contributed by atoms with Gasteiger partial charge in [-0.1, -0.05) is 36.4 Å². The fraction of sp³-hybridized carbons (Fsp3) is 0.263. The number of carbonyl (C=O) groups is 2. The number of rotatable bonds is 3. The van der Waals surface area contributed by atoms with Gasteiger partial charge < -0.3 is 10.6 Å². The van der Waals surface area contributed by atoms with Crippen molar-refractivity contribution in [2.45, 2.75) is 17.5 Å². The Balaban J connectivity index is 2.27. The molecule has 3 rings (SSSR count). The molecule has 1 aliphatic rings. The molecule has 2 N–H and O–H groups in total. The summed E-state index contributed by atoms with van der Waals surface area (Å²) in [5, 5.41) is 0. The van der Waals surface area contributed by atoms with E-state index < -0.39 is 40.7 Å². The van der Waals surface area contributed by atoms with Crippen LogP contribution in [0.1, 0.15) is 22.6 Å². The molecule has 0 radical (unpaired) electrons. The van der Waals surface area contributed by atoms with Crippen molar-refractivity contribution in [3.05, 3.63) is 71.0 Å². The Morgan fingerprint density at radius 2 is 1.85 bits per heavy atom. The molecule has 8 heteroatoms. The normalized spacial score (nSPS) is 22.9. The van der Waals surface area contributed by atoms with E-state index in [0.29, 0.717) is 0 Å². The van der Waals surface area contributed by atoms with Crippen molar-refractivity contribution in [2.24, 2.45) is 5.73 Å². The summed E-state index contributed by atoms with van der Waals surface area (Å²) in [5.74, 6) is -3.74. The number of halogens is 4. The molecular formula is C19H16F4N2O2. The van der Waals surface area contributed by atoms with Crippen molar-refractivity contribution in [3.8, 4) is 0 Å². The van der Waals surface area contributed by atoms with Gasteiger partial charge in [0.2, 0.25) is 11.8 Å². The first-order valence-electron chi connectivity index (χ1n) is 8.07. The van der Waals surface area contributed by atoms with Gasteiger partial charge in [0.25, 0.3) is 0 Å². The van der Waals surface area contributed by atoms with Gasteiger partial charge in [-0.15, -0.1) is 0 Å². The minimum atomic E-state index is -4.60. The van der Waals surface area contributed by atoms with Crippen LogP contribution in [-0.2, 0) is 21.2 Å². The third-order valence-electron chi connectivity index (χ3n) is 4.97. The number of hydrogen-bond donors (Lipinski definition) is 1. The molecule has 4 nitrogen and oxygen atoms in total. The van der Waals surface area contributed by atoms with Gasteiger partial charge in [0, 0.05) is 25.1 Å². The number of amides is 2. The zero-order chi connectivity index (χ0) is 20.0. The second-order valence-corrected chi connectivity index (χ2v) is 6.51. The van der Waals surface area contributed by atoms with E-state index in [1.807, 2.05) is 0 Å². The Kier molecular flexibility index (Phi) is 4.45. The molecule has 0 aliphatic carbocycles. The van der Waals surface area contributed by atoms with Gasteiger partial charge in [0.1, 0.15) is 5.82 Å². The molecule has 2 aromatic rings. The molecule has 2 atom stereocenters. The van der Waals surface area contributed by atoms with E-state index in [4.69, 9.17) is 5.73 Å². The third kappa shape index (κ3) is 2.85. The molecule has 142 valence electrons. The molecule has 0 aromatic heterocycles. The lowest BCUT2D eigenvalue weighted by Crippen LogP contribution is -2.50. The van der Waals surface area contributed by atoms with Crippen LogP contribution < -0.4 is 5.73 Å². The summed E-state index contributed by atoms with van der Waals surface area (Å²) in [6.07, 6.45) is -4.60. The predicted molar refractivity (Wildman–Crippen MR) is 89.1 cm³/mol. The van der Waals surface area contributed by atoms with Crippen LogP contribution >= 0.6 is 0 Å². The average molecular weight is 380 g/mol. The molecule has 1 heterocycles. The Morgan fingerprint density at radius 1 is 1.19 bits per heavy atom. The van der Waals surface area contributed by atoms with Crippen LogP contribution in [0.4, 0.5) is 17.6 Å². The number of nitrogens with zero attached hydrogens (tertiary/aromatic N) is 1. The molecule has 0 saturated carbocycles. The molecule has 1 fully saturated rings. The van der Waals surface area contributed by atoms with Crippen LogP contribution in [0.25, 0.3) is 0 Å². The highest BCUT2D eigenvalue weighted by atomic mass is 19.4. The Hall–Kier alpha value is -2.90. The average Bonchev–Trinajstić information content (AvgIpc) is 2.87. The number of carbonyl (C=O) groups excluding carboxylic acids is 2. The van der Waals surface area contributed by atoms with Crippen LogP contribution in [0.15, 0.2) is 48.5 Å². The fourth-order valence-electron chi connectivity index (χ4n) is 3.72.